The molecule has 0 aliphatic rings. The summed E-state index contributed by atoms with van der Waals surface area (Å²) in [4.78, 5) is 0. The van der Waals surface area contributed by atoms with E-state index in [9.17, 15) is 5.11 Å². The molecule has 0 radical (unpaired) electrons. The van der Waals surface area contributed by atoms with Crippen LogP contribution in [0.15, 0.2) is 18.2 Å². The SMILES string of the molecule is CCCCCCCCCC(O)Cc1cc(C)cc(C)c1. The second-order valence-corrected chi connectivity index (χ2v) is 6.26. The van der Waals surface area contributed by atoms with Crippen molar-refractivity contribution < 1.29 is 5.11 Å². The summed E-state index contributed by atoms with van der Waals surface area (Å²) in [7, 11) is 0. The van der Waals surface area contributed by atoms with Crippen molar-refractivity contribution >= 4 is 0 Å². The van der Waals surface area contributed by atoms with Gasteiger partial charge >= 0.3 is 0 Å². The first kappa shape index (κ1) is 17.2. The van der Waals surface area contributed by atoms with E-state index in [0.717, 1.165) is 19.3 Å². The van der Waals surface area contributed by atoms with Crippen LogP contribution in [0, 0.1) is 13.8 Å². The van der Waals surface area contributed by atoms with Gasteiger partial charge in [0.05, 0.1) is 6.10 Å². The Balaban J connectivity index is 2.15. The zero-order valence-electron chi connectivity index (χ0n) is 13.6. The van der Waals surface area contributed by atoms with Gasteiger partial charge in [-0.2, -0.15) is 0 Å². The van der Waals surface area contributed by atoms with E-state index >= 15 is 0 Å². The molecular weight excluding hydrogens is 244 g/mol. The third-order valence-corrected chi connectivity index (χ3v) is 3.89. The topological polar surface area (TPSA) is 20.2 Å². The maximum atomic E-state index is 10.1. The van der Waals surface area contributed by atoms with E-state index < -0.39 is 0 Å². The standard InChI is InChI=1S/C19H32O/c1-4-5-6-7-8-9-10-11-19(20)15-18-13-16(2)12-17(3)14-18/h12-14,19-20H,4-11,15H2,1-3H3. The van der Waals surface area contributed by atoms with Gasteiger partial charge < -0.3 is 5.11 Å². The third-order valence-electron chi connectivity index (χ3n) is 3.89. The lowest BCUT2D eigenvalue weighted by atomic mass is 9.99. The molecule has 0 aliphatic heterocycles. The van der Waals surface area contributed by atoms with E-state index in [-0.39, 0.29) is 6.10 Å². The van der Waals surface area contributed by atoms with Gasteiger partial charge in [0.1, 0.15) is 0 Å². The van der Waals surface area contributed by atoms with Crippen molar-refractivity contribution in [1.82, 2.24) is 0 Å². The van der Waals surface area contributed by atoms with Crippen LogP contribution in [-0.4, -0.2) is 11.2 Å². The Morgan fingerprint density at radius 1 is 0.850 bits per heavy atom. The van der Waals surface area contributed by atoms with E-state index in [4.69, 9.17) is 0 Å². The molecular formula is C19H32O. The molecule has 1 nitrogen and oxygen atoms in total. The largest absolute Gasteiger partial charge is 0.393 e. The van der Waals surface area contributed by atoms with E-state index in [0.29, 0.717) is 0 Å². The molecule has 0 saturated carbocycles. The number of hydrogen-bond donors (Lipinski definition) is 1. The van der Waals surface area contributed by atoms with Gasteiger partial charge in [-0.3, -0.25) is 0 Å². The van der Waals surface area contributed by atoms with Crippen molar-refractivity contribution in [3.05, 3.63) is 34.9 Å². The summed E-state index contributed by atoms with van der Waals surface area (Å²) in [6, 6.07) is 6.58. The number of unbranched alkanes of at least 4 members (excludes halogenated alkanes) is 6. The fraction of sp³-hybridized carbons (Fsp3) is 0.684. The van der Waals surface area contributed by atoms with E-state index in [1.54, 1.807) is 0 Å². The molecule has 0 fully saturated rings. The predicted molar refractivity (Wildman–Crippen MR) is 88.2 cm³/mol. The van der Waals surface area contributed by atoms with Crippen molar-refractivity contribution in [1.29, 1.82) is 0 Å². The molecule has 1 N–H and O–H groups in total. The van der Waals surface area contributed by atoms with Gasteiger partial charge in [0.25, 0.3) is 0 Å². The molecule has 0 aliphatic carbocycles. The van der Waals surface area contributed by atoms with E-state index in [1.807, 2.05) is 0 Å². The lowest BCUT2D eigenvalue weighted by molar-refractivity contribution is 0.161. The van der Waals surface area contributed by atoms with Gasteiger partial charge in [0, 0.05) is 0 Å². The lowest BCUT2D eigenvalue weighted by Crippen LogP contribution is -2.10. The van der Waals surface area contributed by atoms with Crippen LogP contribution in [0.4, 0.5) is 0 Å². The predicted octanol–water partition coefficient (Wildman–Crippen LogP) is 5.35. The summed E-state index contributed by atoms with van der Waals surface area (Å²) in [5.74, 6) is 0. The van der Waals surface area contributed by atoms with Gasteiger partial charge in [-0.1, -0.05) is 81.2 Å². The quantitative estimate of drug-likeness (QED) is 0.571. The number of aliphatic hydroxyl groups is 1. The number of benzene rings is 1. The number of hydrogen-bond acceptors (Lipinski definition) is 1. The molecule has 1 unspecified atom stereocenters. The second-order valence-electron chi connectivity index (χ2n) is 6.26. The monoisotopic (exact) mass is 276 g/mol. The van der Waals surface area contributed by atoms with Gasteiger partial charge in [0.2, 0.25) is 0 Å². The summed E-state index contributed by atoms with van der Waals surface area (Å²) in [6.45, 7) is 6.50. The average molecular weight is 276 g/mol. The van der Waals surface area contributed by atoms with Crippen LogP contribution in [-0.2, 0) is 6.42 Å². The van der Waals surface area contributed by atoms with Crippen LogP contribution in [0.3, 0.4) is 0 Å². The van der Waals surface area contributed by atoms with Crippen molar-refractivity contribution in [2.24, 2.45) is 0 Å². The van der Waals surface area contributed by atoms with Gasteiger partial charge in [-0.15, -0.1) is 0 Å². The van der Waals surface area contributed by atoms with Crippen molar-refractivity contribution in [2.45, 2.75) is 84.7 Å². The second kappa shape index (κ2) is 9.99. The number of aryl methyl sites for hydroxylation is 2. The van der Waals surface area contributed by atoms with Gasteiger partial charge in [0.15, 0.2) is 0 Å². The molecule has 0 bridgehead atoms. The van der Waals surface area contributed by atoms with Gasteiger partial charge in [-0.25, -0.2) is 0 Å². The fourth-order valence-electron chi connectivity index (χ4n) is 2.90. The lowest BCUT2D eigenvalue weighted by Gasteiger charge is -2.12. The normalized spacial score (nSPS) is 12.6. The minimum Gasteiger partial charge on any atom is -0.393 e. The van der Waals surface area contributed by atoms with Crippen molar-refractivity contribution in [3.8, 4) is 0 Å². The zero-order valence-corrected chi connectivity index (χ0v) is 13.6. The van der Waals surface area contributed by atoms with Crippen LogP contribution < -0.4 is 0 Å². The van der Waals surface area contributed by atoms with E-state index in [1.165, 1.54) is 55.2 Å². The molecule has 1 heteroatoms. The fourth-order valence-corrected chi connectivity index (χ4v) is 2.90. The van der Waals surface area contributed by atoms with Gasteiger partial charge in [-0.05, 0) is 32.3 Å². The molecule has 1 aromatic rings. The van der Waals surface area contributed by atoms with Crippen LogP contribution >= 0.6 is 0 Å². The highest BCUT2D eigenvalue weighted by atomic mass is 16.3. The number of rotatable bonds is 10. The Hall–Kier alpha value is -0.820. The average Bonchev–Trinajstić information content (AvgIpc) is 2.36. The highest BCUT2D eigenvalue weighted by molar-refractivity contribution is 5.28. The highest BCUT2D eigenvalue weighted by Crippen LogP contribution is 2.15. The zero-order chi connectivity index (χ0) is 14.8. The maximum absolute atomic E-state index is 10.1. The first-order chi connectivity index (χ1) is 9.61. The summed E-state index contributed by atoms with van der Waals surface area (Å²) in [5, 5.41) is 10.1. The summed E-state index contributed by atoms with van der Waals surface area (Å²) in [6.07, 6.45) is 10.8. The molecule has 0 amide bonds. The first-order valence-electron chi connectivity index (χ1n) is 8.37. The van der Waals surface area contributed by atoms with Crippen LogP contribution in [0.5, 0.6) is 0 Å². The summed E-state index contributed by atoms with van der Waals surface area (Å²) in [5.41, 5.74) is 3.86. The number of aliphatic hydroxyl groups excluding tert-OH is 1. The summed E-state index contributed by atoms with van der Waals surface area (Å²) < 4.78 is 0. The van der Waals surface area contributed by atoms with E-state index in [2.05, 4.69) is 39.0 Å². The highest BCUT2D eigenvalue weighted by Gasteiger charge is 2.06. The third kappa shape index (κ3) is 7.69. The Labute approximate surface area is 125 Å². The minimum atomic E-state index is -0.174. The molecule has 114 valence electrons. The molecule has 1 atom stereocenters. The Morgan fingerprint density at radius 2 is 1.40 bits per heavy atom. The molecule has 0 saturated heterocycles. The van der Waals surface area contributed by atoms with Crippen LogP contribution in [0.25, 0.3) is 0 Å². The van der Waals surface area contributed by atoms with Crippen molar-refractivity contribution in [2.75, 3.05) is 0 Å². The first-order valence-corrected chi connectivity index (χ1v) is 8.37. The molecule has 0 aromatic heterocycles. The Kier molecular flexibility index (Phi) is 8.60. The molecule has 1 aromatic carbocycles. The van der Waals surface area contributed by atoms with Crippen LogP contribution in [0.1, 0.15) is 75.0 Å². The minimum absolute atomic E-state index is 0.174. The molecule has 0 heterocycles. The summed E-state index contributed by atoms with van der Waals surface area (Å²) >= 11 is 0. The Morgan fingerprint density at radius 3 is 2.00 bits per heavy atom. The molecule has 20 heavy (non-hydrogen) atoms. The molecule has 0 spiro atoms. The smallest absolute Gasteiger partial charge is 0.0580 e. The van der Waals surface area contributed by atoms with Crippen molar-refractivity contribution in [3.63, 3.8) is 0 Å². The molecule has 1 rings (SSSR count). The maximum Gasteiger partial charge on any atom is 0.0580 e. The van der Waals surface area contributed by atoms with Crippen LogP contribution in [0.2, 0.25) is 0 Å². The Bertz CT molecular complexity index is 350.